The standard InChI is InChI=1S/C18H13Cl2FN6/c19-13-5-6-23-16(20)12(13)8-27-9-24-17(22)15-18(27)26-14(25-15)7-10-1-3-11(21)4-2-10/h1-6,9,22H,7-8H2,(H,25,26). The molecule has 0 amide bonds. The number of aromatic amines is 1. The first-order chi connectivity index (χ1) is 13.0. The lowest BCUT2D eigenvalue weighted by molar-refractivity contribution is 0.627. The maximum atomic E-state index is 13.1. The molecule has 0 saturated carbocycles. The Hall–Kier alpha value is -2.77. The molecule has 9 heteroatoms. The van der Waals surface area contributed by atoms with Crippen molar-refractivity contribution >= 4 is 34.4 Å². The summed E-state index contributed by atoms with van der Waals surface area (Å²) in [6, 6.07) is 7.87. The van der Waals surface area contributed by atoms with Crippen molar-refractivity contribution in [3.8, 4) is 0 Å². The van der Waals surface area contributed by atoms with Crippen LogP contribution in [0.2, 0.25) is 10.2 Å². The molecule has 3 aromatic heterocycles. The van der Waals surface area contributed by atoms with Crippen LogP contribution in [-0.4, -0.2) is 24.5 Å². The lowest BCUT2D eigenvalue weighted by atomic mass is 10.1. The van der Waals surface area contributed by atoms with Crippen molar-refractivity contribution in [2.75, 3.05) is 0 Å². The number of nitrogens with one attached hydrogen (secondary N) is 2. The molecule has 6 nitrogen and oxygen atoms in total. The lowest BCUT2D eigenvalue weighted by Crippen LogP contribution is -2.13. The molecule has 0 aliphatic carbocycles. The van der Waals surface area contributed by atoms with Gasteiger partial charge in [0.2, 0.25) is 0 Å². The van der Waals surface area contributed by atoms with Crippen LogP contribution in [-0.2, 0) is 13.0 Å². The molecule has 0 saturated heterocycles. The normalized spacial score (nSPS) is 11.2. The van der Waals surface area contributed by atoms with Crippen LogP contribution in [0.3, 0.4) is 0 Å². The van der Waals surface area contributed by atoms with E-state index < -0.39 is 0 Å². The van der Waals surface area contributed by atoms with E-state index in [9.17, 15) is 4.39 Å². The zero-order chi connectivity index (χ0) is 19.0. The molecular weight excluding hydrogens is 390 g/mol. The number of nitrogens with zero attached hydrogens (tertiary/aromatic N) is 4. The fraction of sp³-hybridized carbons (Fsp3) is 0.111. The molecule has 1 aromatic carbocycles. The van der Waals surface area contributed by atoms with Crippen molar-refractivity contribution in [2.24, 2.45) is 0 Å². The molecule has 4 aromatic rings. The van der Waals surface area contributed by atoms with Gasteiger partial charge in [0, 0.05) is 18.2 Å². The maximum absolute atomic E-state index is 13.1. The number of hydrogen-bond donors (Lipinski definition) is 2. The Morgan fingerprint density at radius 1 is 1.11 bits per heavy atom. The minimum atomic E-state index is -0.288. The Morgan fingerprint density at radius 2 is 1.89 bits per heavy atom. The molecule has 2 N–H and O–H groups in total. The highest BCUT2D eigenvalue weighted by atomic mass is 35.5. The van der Waals surface area contributed by atoms with E-state index in [-0.39, 0.29) is 11.3 Å². The molecule has 0 spiro atoms. The molecule has 4 rings (SSSR count). The monoisotopic (exact) mass is 402 g/mol. The van der Waals surface area contributed by atoms with E-state index in [4.69, 9.17) is 28.6 Å². The van der Waals surface area contributed by atoms with Gasteiger partial charge in [-0.15, -0.1) is 0 Å². The third kappa shape index (κ3) is 3.56. The van der Waals surface area contributed by atoms with E-state index in [2.05, 4.69) is 19.9 Å². The summed E-state index contributed by atoms with van der Waals surface area (Å²) in [6.07, 6.45) is 3.53. The Kier molecular flexibility index (Phi) is 4.63. The average Bonchev–Trinajstić information content (AvgIpc) is 3.07. The smallest absolute Gasteiger partial charge is 0.173 e. The Bertz CT molecular complexity index is 1160. The highest BCUT2D eigenvalue weighted by molar-refractivity contribution is 6.35. The second-order valence-electron chi connectivity index (χ2n) is 5.97. The highest BCUT2D eigenvalue weighted by Crippen LogP contribution is 2.24. The predicted octanol–water partition coefficient (Wildman–Crippen LogP) is 3.72. The second kappa shape index (κ2) is 7.09. The average molecular weight is 403 g/mol. The van der Waals surface area contributed by atoms with Crippen LogP contribution in [0.5, 0.6) is 0 Å². The summed E-state index contributed by atoms with van der Waals surface area (Å²) < 4.78 is 14.8. The van der Waals surface area contributed by atoms with E-state index in [0.717, 1.165) is 5.56 Å². The zero-order valence-electron chi connectivity index (χ0n) is 13.9. The second-order valence-corrected chi connectivity index (χ2v) is 6.73. The number of fused-ring (bicyclic) bond motifs is 1. The topological polar surface area (TPSA) is 83.2 Å². The van der Waals surface area contributed by atoms with Crippen LogP contribution >= 0.6 is 23.2 Å². The SMILES string of the molecule is N=c1ncn(Cc2c(Cl)ccnc2Cl)c2nc(Cc3ccc(F)cc3)[nH]c12. The van der Waals surface area contributed by atoms with Gasteiger partial charge in [-0.3, -0.25) is 5.41 Å². The van der Waals surface area contributed by atoms with E-state index in [0.29, 0.717) is 45.7 Å². The van der Waals surface area contributed by atoms with Crippen molar-refractivity contribution in [3.05, 3.63) is 81.3 Å². The van der Waals surface area contributed by atoms with E-state index in [1.54, 1.807) is 22.8 Å². The van der Waals surface area contributed by atoms with Crippen LogP contribution in [0.1, 0.15) is 17.0 Å². The number of rotatable bonds is 4. The van der Waals surface area contributed by atoms with Crippen molar-refractivity contribution in [3.63, 3.8) is 0 Å². The minimum absolute atomic E-state index is 0.0856. The van der Waals surface area contributed by atoms with Gasteiger partial charge in [0.05, 0.1) is 17.9 Å². The number of halogens is 3. The molecule has 0 atom stereocenters. The van der Waals surface area contributed by atoms with Gasteiger partial charge >= 0.3 is 0 Å². The van der Waals surface area contributed by atoms with Crippen LogP contribution < -0.4 is 5.49 Å². The number of H-pyrrole nitrogens is 1. The Balaban J connectivity index is 1.74. The largest absolute Gasteiger partial charge is 0.337 e. The van der Waals surface area contributed by atoms with E-state index in [1.165, 1.54) is 24.7 Å². The number of aromatic nitrogens is 5. The third-order valence-electron chi connectivity index (χ3n) is 4.13. The summed E-state index contributed by atoms with van der Waals surface area (Å²) in [7, 11) is 0. The third-order valence-corrected chi connectivity index (χ3v) is 4.81. The summed E-state index contributed by atoms with van der Waals surface area (Å²) in [5, 5.41) is 8.83. The van der Waals surface area contributed by atoms with E-state index >= 15 is 0 Å². The van der Waals surface area contributed by atoms with Gasteiger partial charge in [0.15, 0.2) is 11.1 Å². The number of benzene rings is 1. The van der Waals surface area contributed by atoms with Gasteiger partial charge in [-0.1, -0.05) is 35.3 Å². The molecule has 0 aliphatic heterocycles. The molecule has 3 heterocycles. The Morgan fingerprint density at radius 3 is 2.63 bits per heavy atom. The van der Waals surface area contributed by atoms with Gasteiger partial charge < -0.3 is 9.55 Å². The number of hydrogen-bond acceptors (Lipinski definition) is 4. The summed E-state index contributed by atoms with van der Waals surface area (Å²) in [5.74, 6) is 0.360. The quantitative estimate of drug-likeness (QED) is 0.510. The molecule has 0 radical (unpaired) electrons. The molecule has 136 valence electrons. The zero-order valence-corrected chi connectivity index (χ0v) is 15.4. The van der Waals surface area contributed by atoms with Gasteiger partial charge in [-0.2, -0.15) is 0 Å². The van der Waals surface area contributed by atoms with Crippen LogP contribution in [0.15, 0.2) is 42.9 Å². The molecular formula is C18H13Cl2FN6. The van der Waals surface area contributed by atoms with Crippen molar-refractivity contribution in [2.45, 2.75) is 13.0 Å². The van der Waals surface area contributed by atoms with Gasteiger partial charge in [0.1, 0.15) is 22.3 Å². The minimum Gasteiger partial charge on any atom is -0.337 e. The van der Waals surface area contributed by atoms with Gasteiger partial charge in [-0.05, 0) is 23.8 Å². The van der Waals surface area contributed by atoms with Crippen LogP contribution in [0.4, 0.5) is 4.39 Å². The molecule has 0 aliphatic rings. The van der Waals surface area contributed by atoms with Crippen LogP contribution in [0, 0.1) is 11.2 Å². The van der Waals surface area contributed by atoms with Crippen molar-refractivity contribution in [1.82, 2.24) is 24.5 Å². The van der Waals surface area contributed by atoms with Crippen LogP contribution in [0.25, 0.3) is 11.2 Å². The van der Waals surface area contributed by atoms with Crippen molar-refractivity contribution in [1.29, 1.82) is 5.41 Å². The predicted molar refractivity (Wildman–Crippen MR) is 100 cm³/mol. The maximum Gasteiger partial charge on any atom is 0.173 e. The summed E-state index contributed by atoms with van der Waals surface area (Å²) in [6.45, 7) is 0.316. The summed E-state index contributed by atoms with van der Waals surface area (Å²) in [5.41, 5.74) is 2.70. The molecule has 27 heavy (non-hydrogen) atoms. The molecule has 0 unspecified atom stereocenters. The van der Waals surface area contributed by atoms with Crippen molar-refractivity contribution < 1.29 is 4.39 Å². The summed E-state index contributed by atoms with van der Waals surface area (Å²) >= 11 is 12.4. The van der Waals surface area contributed by atoms with E-state index in [1.807, 2.05) is 0 Å². The first-order valence-corrected chi connectivity index (χ1v) is 8.79. The van der Waals surface area contributed by atoms with Gasteiger partial charge in [-0.25, -0.2) is 19.3 Å². The number of pyridine rings is 1. The first kappa shape index (κ1) is 17.6. The first-order valence-electron chi connectivity index (χ1n) is 8.03. The highest BCUT2D eigenvalue weighted by Gasteiger charge is 2.13. The fourth-order valence-electron chi connectivity index (χ4n) is 2.78. The molecule has 0 fully saturated rings. The Labute approximate surface area is 163 Å². The molecule has 0 bridgehead atoms. The fourth-order valence-corrected chi connectivity index (χ4v) is 3.25. The van der Waals surface area contributed by atoms with Gasteiger partial charge in [0.25, 0.3) is 0 Å². The lowest BCUT2D eigenvalue weighted by Gasteiger charge is -2.09. The summed E-state index contributed by atoms with van der Waals surface area (Å²) in [4.78, 5) is 15.9. The number of imidazole rings is 1.